The van der Waals surface area contributed by atoms with Crippen LogP contribution in [0, 0.1) is 6.92 Å². The van der Waals surface area contributed by atoms with Crippen molar-refractivity contribution in [1.29, 1.82) is 0 Å². The van der Waals surface area contributed by atoms with Crippen molar-refractivity contribution in [2.75, 3.05) is 36.0 Å². The second kappa shape index (κ2) is 18.7. The average molecular weight is 881 g/mol. The zero-order valence-corrected chi connectivity index (χ0v) is 39.3. The Bertz CT molecular complexity index is 2030. The Hall–Kier alpha value is -5.18. The zero-order valence-electron chi connectivity index (χ0n) is 38.6. The number of fused-ring (bicyclic) bond motifs is 1. The number of anilines is 2. The molecule has 4 atom stereocenters. The number of carbonyl (C=O) groups is 4. The molecule has 4 N–H and O–H groups in total. The highest BCUT2D eigenvalue weighted by Crippen LogP contribution is 2.46. The van der Waals surface area contributed by atoms with Gasteiger partial charge in [-0.1, -0.05) is 41.9 Å². The van der Waals surface area contributed by atoms with Gasteiger partial charge in [0.05, 0.1) is 35.4 Å². The molecule has 0 saturated carbocycles. The van der Waals surface area contributed by atoms with Crippen molar-refractivity contribution in [2.24, 2.45) is 0 Å². The Kier molecular flexibility index (Phi) is 14.4. The first-order valence-corrected chi connectivity index (χ1v) is 21.7. The molecule has 62 heavy (non-hydrogen) atoms. The van der Waals surface area contributed by atoms with Gasteiger partial charge in [-0.2, -0.15) is 0 Å². The van der Waals surface area contributed by atoms with Crippen LogP contribution in [-0.2, 0) is 18.9 Å². The number of pyridine rings is 1. The minimum absolute atomic E-state index is 0.314. The minimum Gasteiger partial charge on any atom is -0.444 e. The number of halogens is 1. The van der Waals surface area contributed by atoms with Crippen molar-refractivity contribution in [2.45, 2.75) is 149 Å². The summed E-state index contributed by atoms with van der Waals surface area (Å²) >= 11 is 6.84. The monoisotopic (exact) mass is 879 g/mol. The van der Waals surface area contributed by atoms with E-state index in [-0.39, 0.29) is 0 Å². The van der Waals surface area contributed by atoms with Crippen molar-refractivity contribution in [3.8, 4) is 11.1 Å². The molecule has 1 aromatic heterocycles. The van der Waals surface area contributed by atoms with E-state index in [4.69, 9.17) is 35.5 Å². The molecule has 0 bridgehead atoms. The molecular weight excluding hydrogens is 814 g/mol. The summed E-state index contributed by atoms with van der Waals surface area (Å²) in [6.45, 7) is 24.9. The predicted octanol–water partition coefficient (Wildman–Crippen LogP) is 8.86. The summed E-state index contributed by atoms with van der Waals surface area (Å²) < 4.78 is 22.7. The Morgan fingerprint density at radius 1 is 0.581 bits per heavy atom. The van der Waals surface area contributed by atoms with Gasteiger partial charge in [-0.15, -0.1) is 0 Å². The maximum Gasteiger partial charge on any atom is 0.407 e. The van der Waals surface area contributed by atoms with Crippen LogP contribution in [-0.4, -0.2) is 102 Å². The Morgan fingerprint density at radius 3 is 1.32 bits per heavy atom. The molecule has 5 rings (SSSR count). The van der Waals surface area contributed by atoms with Gasteiger partial charge >= 0.3 is 24.4 Å². The van der Waals surface area contributed by atoms with Crippen LogP contribution in [0.15, 0.2) is 42.5 Å². The number of hydrogen-bond donors (Lipinski definition) is 4. The number of piperidine rings is 2. The third-order valence-electron chi connectivity index (χ3n) is 9.76. The van der Waals surface area contributed by atoms with E-state index in [0.29, 0.717) is 55.4 Å². The predicted molar refractivity (Wildman–Crippen MR) is 243 cm³/mol. The summed E-state index contributed by atoms with van der Waals surface area (Å²) in [4.78, 5) is 62.8. The van der Waals surface area contributed by atoms with Gasteiger partial charge in [-0.05, 0) is 126 Å². The van der Waals surface area contributed by atoms with Gasteiger partial charge in [-0.3, -0.25) is 0 Å². The maximum atomic E-state index is 13.3. The lowest BCUT2D eigenvalue weighted by atomic mass is 9.93. The van der Waals surface area contributed by atoms with Crippen LogP contribution in [0.4, 0.5) is 30.7 Å². The third kappa shape index (κ3) is 13.7. The summed E-state index contributed by atoms with van der Waals surface area (Å²) in [5.74, 6) is 0.578. The van der Waals surface area contributed by atoms with Crippen molar-refractivity contribution >= 4 is 58.4 Å². The first kappa shape index (κ1) is 47.9. The number of benzene rings is 2. The fourth-order valence-corrected chi connectivity index (χ4v) is 7.86. The number of alkyl carbamates (subject to hydrolysis) is 4. The summed E-state index contributed by atoms with van der Waals surface area (Å²) in [5, 5.41) is 13.5. The van der Waals surface area contributed by atoms with Crippen molar-refractivity contribution < 1.29 is 38.1 Å². The molecule has 0 radical (unpaired) electrons. The van der Waals surface area contributed by atoms with E-state index in [1.54, 1.807) is 83.1 Å². The molecule has 2 fully saturated rings. The third-order valence-corrected chi connectivity index (χ3v) is 10.2. The summed E-state index contributed by atoms with van der Waals surface area (Å²) in [6, 6.07) is 11.7. The quantitative estimate of drug-likeness (QED) is 0.167. The van der Waals surface area contributed by atoms with E-state index in [9.17, 15) is 19.2 Å². The average Bonchev–Trinajstić information content (AvgIpc) is 3.09. The lowest BCUT2D eigenvalue weighted by Gasteiger charge is -2.43. The number of nitrogens with one attached hydrogen (secondary N) is 4. The minimum atomic E-state index is -0.737. The fraction of sp³-hybridized carbons (Fsp3) is 0.587. The molecule has 340 valence electrons. The Balaban J connectivity index is 1.71. The van der Waals surface area contributed by atoms with E-state index in [1.807, 2.05) is 49.4 Å². The molecule has 3 aromatic rings. The van der Waals surface area contributed by atoms with Crippen LogP contribution in [0.5, 0.6) is 0 Å². The molecule has 0 spiro atoms. The molecule has 0 aliphatic carbocycles. The Labute approximate surface area is 371 Å². The van der Waals surface area contributed by atoms with Crippen LogP contribution >= 0.6 is 11.6 Å². The second-order valence-corrected chi connectivity index (χ2v) is 20.7. The molecule has 15 nitrogen and oxygen atoms in total. The SMILES string of the molecule is Cc1c(Cl)ccc2c(N3CC(NC(=O)OC(C)(C)C)CC(NC(=O)OC(C)(C)C)C3)c(-c3ccccc3)c(N3CC(NC(=O)OC(C)(C)C)CC(NC(=O)OC(C)(C)C)C3)nc12. The summed E-state index contributed by atoms with van der Waals surface area (Å²) in [5.41, 5.74) is 0.848. The van der Waals surface area contributed by atoms with E-state index >= 15 is 0 Å². The molecule has 2 aliphatic rings. The molecule has 2 aromatic carbocycles. The molecular formula is C46H66ClN7O8. The Morgan fingerprint density at radius 2 is 0.952 bits per heavy atom. The van der Waals surface area contributed by atoms with Gasteiger partial charge in [0.2, 0.25) is 0 Å². The zero-order chi connectivity index (χ0) is 45.9. The molecule has 2 aliphatic heterocycles. The number of aromatic nitrogens is 1. The van der Waals surface area contributed by atoms with E-state index < -0.39 is 70.9 Å². The first-order chi connectivity index (χ1) is 28.6. The number of nitrogens with zero attached hydrogens (tertiary/aromatic N) is 3. The summed E-state index contributed by atoms with van der Waals surface area (Å²) in [6.07, 6.45) is -1.53. The molecule has 4 unspecified atom stereocenters. The summed E-state index contributed by atoms with van der Waals surface area (Å²) in [7, 11) is 0. The highest BCUT2D eigenvalue weighted by molar-refractivity contribution is 6.32. The number of aryl methyl sites for hydroxylation is 1. The molecule has 4 amide bonds. The van der Waals surface area contributed by atoms with Gasteiger partial charge in [0, 0.05) is 42.2 Å². The number of hydrogen-bond acceptors (Lipinski definition) is 11. The topological polar surface area (TPSA) is 173 Å². The second-order valence-electron chi connectivity index (χ2n) is 20.2. The van der Waals surface area contributed by atoms with E-state index in [2.05, 4.69) is 31.1 Å². The largest absolute Gasteiger partial charge is 0.444 e. The number of ether oxygens (including phenoxy) is 4. The van der Waals surface area contributed by atoms with Crippen molar-refractivity contribution in [1.82, 2.24) is 26.3 Å². The van der Waals surface area contributed by atoms with E-state index in [0.717, 1.165) is 27.8 Å². The lowest BCUT2D eigenvalue weighted by Crippen LogP contribution is -2.58. The highest BCUT2D eigenvalue weighted by Gasteiger charge is 2.38. The van der Waals surface area contributed by atoms with Crippen LogP contribution in [0.2, 0.25) is 5.02 Å². The van der Waals surface area contributed by atoms with Gasteiger partial charge in [-0.25, -0.2) is 24.2 Å². The molecule has 16 heteroatoms. The van der Waals surface area contributed by atoms with Crippen LogP contribution < -0.4 is 31.1 Å². The van der Waals surface area contributed by atoms with Gasteiger partial charge in [0.1, 0.15) is 28.2 Å². The highest BCUT2D eigenvalue weighted by atomic mass is 35.5. The molecule has 3 heterocycles. The van der Waals surface area contributed by atoms with Gasteiger partial charge in [0.25, 0.3) is 0 Å². The van der Waals surface area contributed by atoms with Crippen LogP contribution in [0.1, 0.15) is 101 Å². The number of carbonyl (C=O) groups excluding carboxylic acids is 4. The normalized spacial score (nSPS) is 19.9. The van der Waals surface area contributed by atoms with Gasteiger partial charge in [0.15, 0.2) is 0 Å². The first-order valence-electron chi connectivity index (χ1n) is 21.3. The molecule has 2 saturated heterocycles. The van der Waals surface area contributed by atoms with Gasteiger partial charge < -0.3 is 50.0 Å². The smallest absolute Gasteiger partial charge is 0.407 e. The van der Waals surface area contributed by atoms with E-state index in [1.165, 1.54) is 0 Å². The number of rotatable bonds is 7. The van der Waals surface area contributed by atoms with Crippen LogP contribution in [0.3, 0.4) is 0 Å². The van der Waals surface area contributed by atoms with Crippen molar-refractivity contribution in [3.63, 3.8) is 0 Å². The maximum absolute atomic E-state index is 13.3. The van der Waals surface area contributed by atoms with Crippen LogP contribution in [0.25, 0.3) is 22.0 Å². The standard InChI is InChI=1S/C46H66ClN7O8/c1-27-34(47)20-19-33-36(27)52-38(54-25-31(50-41(57)61-45(8,9)10)22-32(26-54)51-42(58)62-46(11,12)13)35(28-17-15-14-16-18-28)37(33)53-23-29(48-39(55)59-43(2,3)4)21-30(24-53)49-40(56)60-44(5,6)7/h14-20,29-32H,21-26H2,1-13H3,(H,48,55)(H,49,56)(H,50,57)(H,51,58). The fourth-order valence-electron chi connectivity index (χ4n) is 7.71. The lowest BCUT2D eigenvalue weighted by molar-refractivity contribution is 0.0452. The van der Waals surface area contributed by atoms with Crippen molar-refractivity contribution in [3.05, 3.63) is 53.1 Å². The number of amides is 4.